The van der Waals surface area contributed by atoms with E-state index in [1.165, 1.54) is 0 Å². The van der Waals surface area contributed by atoms with Crippen molar-refractivity contribution in [2.75, 3.05) is 38.5 Å². The van der Waals surface area contributed by atoms with Gasteiger partial charge in [-0.2, -0.15) is 0 Å². The molecule has 7 heteroatoms. The van der Waals surface area contributed by atoms with Crippen LogP contribution in [0.5, 0.6) is 0 Å². The number of nitrogens with one attached hydrogen (secondary N) is 1. The summed E-state index contributed by atoms with van der Waals surface area (Å²) in [6.07, 6.45) is 4.82. The van der Waals surface area contributed by atoms with Gasteiger partial charge in [0.15, 0.2) is 0 Å². The molecule has 2 fully saturated rings. The molecule has 0 aromatic carbocycles. The van der Waals surface area contributed by atoms with E-state index in [0.29, 0.717) is 37.3 Å². The molecule has 2 saturated heterocycles. The minimum atomic E-state index is -0.0124. The van der Waals surface area contributed by atoms with Gasteiger partial charge < -0.3 is 19.7 Å². The van der Waals surface area contributed by atoms with E-state index in [2.05, 4.69) is 28.3 Å². The molecule has 5 heterocycles. The van der Waals surface area contributed by atoms with Crippen LogP contribution in [0.25, 0.3) is 0 Å². The molecule has 0 aliphatic carbocycles. The largest absolute Gasteiger partial charge is 0.378 e. The number of rotatable bonds is 3. The van der Waals surface area contributed by atoms with E-state index in [0.717, 1.165) is 43.7 Å². The Balaban J connectivity index is 1.35. The van der Waals surface area contributed by atoms with Crippen molar-refractivity contribution in [3.8, 4) is 0 Å². The molecule has 3 aliphatic heterocycles. The van der Waals surface area contributed by atoms with Gasteiger partial charge in [0.2, 0.25) is 0 Å². The summed E-state index contributed by atoms with van der Waals surface area (Å²) in [6.45, 7) is 4.14. The first-order valence-electron chi connectivity index (χ1n) is 11.0. The van der Waals surface area contributed by atoms with Gasteiger partial charge in [-0.1, -0.05) is 6.07 Å². The summed E-state index contributed by atoms with van der Waals surface area (Å²) >= 11 is 0. The molecular formula is C23H29N5O2. The second-order valence-electron chi connectivity index (χ2n) is 9.03. The van der Waals surface area contributed by atoms with Gasteiger partial charge in [-0.25, -0.2) is 0 Å². The Labute approximate surface area is 176 Å². The lowest BCUT2D eigenvalue weighted by molar-refractivity contribution is 0.0589. The standard InChI is InChI=1S/C23H29N5O2/c1-26-10-7-18(8-11-26)25-20-5-6-21-17-12-16(14-28(21)23(20)30)13-27(15-17)22(29)19-4-2-3-9-24-19/h2-6,9,16-18,25H,7-8,10-15H2,1H3/t16-,17+/m0/s1. The van der Waals surface area contributed by atoms with Gasteiger partial charge in [-0.15, -0.1) is 0 Å². The van der Waals surface area contributed by atoms with Crippen LogP contribution in [-0.4, -0.2) is 64.5 Å². The highest BCUT2D eigenvalue weighted by atomic mass is 16.2. The van der Waals surface area contributed by atoms with Crippen molar-refractivity contribution >= 4 is 11.6 Å². The van der Waals surface area contributed by atoms with Crippen LogP contribution in [-0.2, 0) is 6.54 Å². The van der Waals surface area contributed by atoms with Gasteiger partial charge >= 0.3 is 0 Å². The number of hydrogen-bond acceptors (Lipinski definition) is 5. The molecule has 1 N–H and O–H groups in total. The maximum absolute atomic E-state index is 13.2. The van der Waals surface area contributed by atoms with Crippen LogP contribution in [0.4, 0.5) is 5.69 Å². The van der Waals surface area contributed by atoms with Gasteiger partial charge in [0.25, 0.3) is 11.5 Å². The Morgan fingerprint density at radius 1 is 1.10 bits per heavy atom. The molecule has 5 rings (SSSR count). The number of fused-ring (bicyclic) bond motifs is 4. The van der Waals surface area contributed by atoms with Gasteiger partial charge in [0.1, 0.15) is 11.4 Å². The second kappa shape index (κ2) is 7.87. The number of hydrogen-bond donors (Lipinski definition) is 1. The first kappa shape index (κ1) is 19.3. The highest BCUT2D eigenvalue weighted by Gasteiger charge is 2.37. The zero-order chi connectivity index (χ0) is 20.7. The summed E-state index contributed by atoms with van der Waals surface area (Å²) in [6, 6.07) is 9.84. The summed E-state index contributed by atoms with van der Waals surface area (Å²) in [5.74, 6) is 0.497. The predicted molar refractivity (Wildman–Crippen MR) is 116 cm³/mol. The van der Waals surface area contributed by atoms with Crippen LogP contribution in [0.1, 0.15) is 41.4 Å². The molecule has 2 aromatic rings. The number of nitrogens with zero attached hydrogens (tertiary/aromatic N) is 4. The van der Waals surface area contributed by atoms with Crippen LogP contribution in [0.2, 0.25) is 0 Å². The highest BCUT2D eigenvalue weighted by Crippen LogP contribution is 2.36. The Bertz CT molecular complexity index is 981. The van der Waals surface area contributed by atoms with Gasteiger partial charge in [0, 0.05) is 43.5 Å². The molecule has 0 spiro atoms. The van der Waals surface area contributed by atoms with Crippen molar-refractivity contribution in [3.05, 3.63) is 58.3 Å². The van der Waals surface area contributed by atoms with Crippen molar-refractivity contribution in [2.24, 2.45) is 5.92 Å². The molecule has 30 heavy (non-hydrogen) atoms. The van der Waals surface area contributed by atoms with E-state index in [1.54, 1.807) is 12.3 Å². The predicted octanol–water partition coefficient (Wildman–Crippen LogP) is 2.01. The van der Waals surface area contributed by atoms with Crippen LogP contribution >= 0.6 is 0 Å². The molecule has 0 saturated carbocycles. The summed E-state index contributed by atoms with van der Waals surface area (Å²) in [4.78, 5) is 34.6. The van der Waals surface area contributed by atoms with Crippen molar-refractivity contribution < 1.29 is 4.79 Å². The van der Waals surface area contributed by atoms with Crippen LogP contribution in [0, 0.1) is 5.92 Å². The van der Waals surface area contributed by atoms with Crippen LogP contribution in [0.15, 0.2) is 41.3 Å². The third-order valence-electron chi connectivity index (χ3n) is 6.85. The number of carbonyl (C=O) groups is 1. The highest BCUT2D eigenvalue weighted by molar-refractivity contribution is 5.92. The fourth-order valence-corrected chi connectivity index (χ4v) is 5.25. The number of anilines is 1. The number of pyridine rings is 2. The molecule has 1 amide bonds. The van der Waals surface area contributed by atoms with Gasteiger partial charge in [-0.05, 0) is 69.6 Å². The molecule has 2 bridgehead atoms. The first-order valence-corrected chi connectivity index (χ1v) is 11.0. The van der Waals surface area contributed by atoms with Gasteiger partial charge in [0.05, 0.1) is 0 Å². The Hall–Kier alpha value is -2.67. The van der Waals surface area contributed by atoms with Crippen molar-refractivity contribution in [1.29, 1.82) is 0 Å². The summed E-state index contributed by atoms with van der Waals surface area (Å²) in [5, 5.41) is 3.50. The third-order valence-corrected chi connectivity index (χ3v) is 6.85. The lowest BCUT2D eigenvalue weighted by Crippen LogP contribution is -2.49. The smallest absolute Gasteiger partial charge is 0.274 e. The van der Waals surface area contributed by atoms with Crippen molar-refractivity contribution in [2.45, 2.75) is 37.8 Å². The minimum Gasteiger partial charge on any atom is -0.378 e. The summed E-state index contributed by atoms with van der Waals surface area (Å²) in [5.41, 5.74) is 2.36. The zero-order valence-electron chi connectivity index (χ0n) is 17.5. The molecule has 0 unspecified atom stereocenters. The van der Waals surface area contributed by atoms with Crippen molar-refractivity contribution in [3.63, 3.8) is 0 Å². The molecule has 7 nitrogen and oxygen atoms in total. The van der Waals surface area contributed by atoms with E-state index in [-0.39, 0.29) is 17.4 Å². The monoisotopic (exact) mass is 407 g/mol. The zero-order valence-corrected chi connectivity index (χ0v) is 17.5. The Morgan fingerprint density at radius 2 is 1.93 bits per heavy atom. The summed E-state index contributed by atoms with van der Waals surface area (Å²) in [7, 11) is 2.14. The number of likely N-dealkylation sites (tertiary alicyclic amines) is 2. The quantitative estimate of drug-likeness (QED) is 0.843. The second-order valence-corrected chi connectivity index (χ2v) is 9.03. The van der Waals surface area contributed by atoms with E-state index in [1.807, 2.05) is 27.7 Å². The Kier molecular flexibility index (Phi) is 5.06. The summed E-state index contributed by atoms with van der Waals surface area (Å²) < 4.78 is 1.96. The van der Waals surface area contributed by atoms with E-state index < -0.39 is 0 Å². The van der Waals surface area contributed by atoms with Crippen LogP contribution in [0.3, 0.4) is 0 Å². The number of aromatic nitrogens is 2. The number of piperidine rings is 2. The van der Waals surface area contributed by atoms with E-state index in [4.69, 9.17) is 0 Å². The maximum atomic E-state index is 13.2. The third kappa shape index (κ3) is 3.62. The SMILES string of the molecule is CN1CCC(Nc2ccc3n(c2=O)C[C@H]2C[C@@H]3CN(C(=O)c3ccccn3)C2)CC1. The minimum absolute atomic E-state index is 0.0124. The Morgan fingerprint density at radius 3 is 2.70 bits per heavy atom. The van der Waals surface area contributed by atoms with E-state index >= 15 is 0 Å². The lowest BCUT2D eigenvalue weighted by atomic mass is 9.83. The van der Waals surface area contributed by atoms with E-state index in [9.17, 15) is 9.59 Å². The topological polar surface area (TPSA) is 70.5 Å². The average molecular weight is 408 g/mol. The van der Waals surface area contributed by atoms with Crippen LogP contribution < -0.4 is 10.9 Å². The fraction of sp³-hybridized carbons (Fsp3) is 0.522. The fourth-order valence-electron chi connectivity index (χ4n) is 5.25. The molecule has 2 aromatic heterocycles. The normalized spacial score (nSPS) is 24.4. The molecule has 2 atom stereocenters. The first-order chi connectivity index (χ1) is 14.6. The molecule has 0 radical (unpaired) electrons. The number of amides is 1. The van der Waals surface area contributed by atoms with Crippen molar-refractivity contribution in [1.82, 2.24) is 19.4 Å². The average Bonchev–Trinajstić information content (AvgIpc) is 2.77. The molecule has 158 valence electrons. The van der Waals surface area contributed by atoms with Gasteiger partial charge in [-0.3, -0.25) is 14.6 Å². The molecular weight excluding hydrogens is 378 g/mol. The maximum Gasteiger partial charge on any atom is 0.274 e. The lowest BCUT2D eigenvalue weighted by Gasteiger charge is -2.42. The number of carbonyl (C=O) groups excluding carboxylic acids is 1. The molecule has 3 aliphatic rings.